The van der Waals surface area contributed by atoms with Crippen LogP contribution in [0.4, 0.5) is 10.5 Å². The van der Waals surface area contributed by atoms with Gasteiger partial charge in [0.15, 0.2) is 0 Å². The molecule has 100 valence electrons. The average molecular weight is 272 g/mol. The fraction of sp³-hybridized carbons (Fsp3) is 0.417. The van der Waals surface area contributed by atoms with Gasteiger partial charge in [0, 0.05) is 30.3 Å². The summed E-state index contributed by atoms with van der Waals surface area (Å²) in [5, 5.41) is 17.9. The molecule has 1 rings (SSSR count). The Labute approximate surface area is 112 Å². The minimum Gasteiger partial charge on any atom is -0.392 e. The average Bonchev–Trinajstić information content (AvgIpc) is 2.28. The van der Waals surface area contributed by atoms with E-state index in [9.17, 15) is 4.79 Å². The van der Waals surface area contributed by atoms with Gasteiger partial charge in [-0.2, -0.15) is 0 Å². The number of hydrogen-bond donors (Lipinski definition) is 4. The number of nitrogens with one attached hydrogen (secondary N) is 3. The zero-order valence-electron chi connectivity index (χ0n) is 10.2. The van der Waals surface area contributed by atoms with E-state index in [-0.39, 0.29) is 12.1 Å². The fourth-order valence-electron chi connectivity index (χ4n) is 1.32. The van der Waals surface area contributed by atoms with Gasteiger partial charge >= 0.3 is 6.03 Å². The molecular formula is C12H18ClN3O2. The van der Waals surface area contributed by atoms with Crippen LogP contribution >= 0.6 is 11.6 Å². The van der Waals surface area contributed by atoms with Gasteiger partial charge < -0.3 is 21.1 Å². The van der Waals surface area contributed by atoms with Crippen molar-refractivity contribution in [2.75, 3.05) is 25.0 Å². The molecule has 2 amide bonds. The van der Waals surface area contributed by atoms with Crippen LogP contribution in [-0.2, 0) is 0 Å². The standard InChI is InChI=1S/C12H18ClN3O2/c1-9(17)8-14-5-6-15-12(18)16-11-4-2-3-10(13)7-11/h2-4,7,9,14,17H,5-6,8H2,1H3,(H2,15,16,18). The minimum atomic E-state index is -0.384. The molecule has 1 atom stereocenters. The smallest absolute Gasteiger partial charge is 0.319 e. The maximum Gasteiger partial charge on any atom is 0.319 e. The molecule has 0 spiro atoms. The maximum absolute atomic E-state index is 11.5. The van der Waals surface area contributed by atoms with Crippen LogP contribution in [0.5, 0.6) is 0 Å². The Morgan fingerprint density at radius 3 is 2.89 bits per heavy atom. The summed E-state index contributed by atoms with van der Waals surface area (Å²) < 4.78 is 0. The molecule has 18 heavy (non-hydrogen) atoms. The quantitative estimate of drug-likeness (QED) is 0.592. The van der Waals surface area contributed by atoms with E-state index in [4.69, 9.17) is 16.7 Å². The van der Waals surface area contributed by atoms with E-state index in [0.717, 1.165) is 0 Å². The van der Waals surface area contributed by atoms with Crippen LogP contribution in [0.3, 0.4) is 0 Å². The highest BCUT2D eigenvalue weighted by Gasteiger charge is 2.01. The summed E-state index contributed by atoms with van der Waals surface area (Å²) in [5.41, 5.74) is 0.650. The van der Waals surface area contributed by atoms with Crippen molar-refractivity contribution < 1.29 is 9.90 Å². The van der Waals surface area contributed by atoms with E-state index < -0.39 is 0 Å². The maximum atomic E-state index is 11.5. The third-order valence-electron chi connectivity index (χ3n) is 2.11. The highest BCUT2D eigenvalue weighted by atomic mass is 35.5. The van der Waals surface area contributed by atoms with Crippen LogP contribution in [0.1, 0.15) is 6.92 Å². The Bertz CT molecular complexity index is 385. The SMILES string of the molecule is CC(O)CNCCNC(=O)Nc1cccc(Cl)c1. The highest BCUT2D eigenvalue weighted by Crippen LogP contribution is 2.14. The van der Waals surface area contributed by atoms with Gasteiger partial charge in [0.05, 0.1) is 6.10 Å². The number of benzene rings is 1. The van der Waals surface area contributed by atoms with Gasteiger partial charge in [0.1, 0.15) is 0 Å². The number of anilines is 1. The summed E-state index contributed by atoms with van der Waals surface area (Å²) in [6.07, 6.45) is -0.384. The van der Waals surface area contributed by atoms with Gasteiger partial charge in [0.2, 0.25) is 0 Å². The molecule has 0 aliphatic heterocycles. The molecule has 6 heteroatoms. The van der Waals surface area contributed by atoms with Gasteiger partial charge in [-0.3, -0.25) is 0 Å². The summed E-state index contributed by atoms with van der Waals surface area (Å²) in [7, 11) is 0. The van der Waals surface area contributed by atoms with E-state index in [1.165, 1.54) is 0 Å². The van der Waals surface area contributed by atoms with Crippen molar-refractivity contribution in [2.45, 2.75) is 13.0 Å². The molecule has 0 saturated heterocycles. The monoisotopic (exact) mass is 271 g/mol. The first kappa shape index (κ1) is 14.8. The molecule has 0 aromatic heterocycles. The number of urea groups is 1. The summed E-state index contributed by atoms with van der Waals surface area (Å²) in [6.45, 7) is 3.30. The number of amides is 2. The molecule has 0 aliphatic rings. The summed E-state index contributed by atoms with van der Waals surface area (Å²) >= 11 is 5.80. The summed E-state index contributed by atoms with van der Waals surface area (Å²) in [6, 6.07) is 6.66. The molecule has 1 aromatic carbocycles. The Morgan fingerprint density at radius 1 is 1.44 bits per heavy atom. The van der Waals surface area contributed by atoms with Gasteiger partial charge in [-0.15, -0.1) is 0 Å². The Kier molecular flexibility index (Phi) is 6.49. The zero-order chi connectivity index (χ0) is 13.4. The second-order valence-electron chi connectivity index (χ2n) is 3.94. The molecular weight excluding hydrogens is 254 g/mol. The van der Waals surface area contributed by atoms with E-state index in [1.807, 2.05) is 0 Å². The molecule has 0 bridgehead atoms. The number of hydrogen-bond acceptors (Lipinski definition) is 3. The lowest BCUT2D eigenvalue weighted by atomic mass is 10.3. The van der Waals surface area contributed by atoms with E-state index in [1.54, 1.807) is 31.2 Å². The van der Waals surface area contributed by atoms with Gasteiger partial charge in [0.25, 0.3) is 0 Å². The van der Waals surface area contributed by atoms with Crippen molar-refractivity contribution >= 4 is 23.3 Å². The van der Waals surface area contributed by atoms with Gasteiger partial charge in [-0.25, -0.2) is 4.79 Å². The summed E-state index contributed by atoms with van der Waals surface area (Å²) in [4.78, 5) is 11.5. The van der Waals surface area contributed by atoms with Crippen LogP contribution in [0.25, 0.3) is 0 Å². The number of aliphatic hydroxyl groups is 1. The van der Waals surface area contributed by atoms with Crippen LogP contribution in [0.2, 0.25) is 5.02 Å². The number of aliphatic hydroxyl groups excluding tert-OH is 1. The molecule has 0 radical (unpaired) electrons. The van der Waals surface area contributed by atoms with Crippen molar-refractivity contribution in [1.82, 2.24) is 10.6 Å². The van der Waals surface area contributed by atoms with Crippen molar-refractivity contribution in [3.8, 4) is 0 Å². The number of halogens is 1. The molecule has 1 unspecified atom stereocenters. The predicted octanol–water partition coefficient (Wildman–Crippen LogP) is 1.43. The highest BCUT2D eigenvalue weighted by molar-refractivity contribution is 6.30. The minimum absolute atomic E-state index is 0.281. The molecule has 1 aromatic rings. The largest absolute Gasteiger partial charge is 0.392 e. The zero-order valence-corrected chi connectivity index (χ0v) is 11.0. The van der Waals surface area contributed by atoms with E-state index in [2.05, 4.69) is 16.0 Å². The van der Waals surface area contributed by atoms with Crippen LogP contribution < -0.4 is 16.0 Å². The third-order valence-corrected chi connectivity index (χ3v) is 2.34. The number of carbonyl (C=O) groups excluding carboxylic acids is 1. The topological polar surface area (TPSA) is 73.4 Å². The van der Waals surface area contributed by atoms with Crippen LogP contribution in [-0.4, -0.2) is 36.9 Å². The van der Waals surface area contributed by atoms with Gasteiger partial charge in [-0.1, -0.05) is 17.7 Å². The number of carbonyl (C=O) groups is 1. The lowest BCUT2D eigenvalue weighted by molar-refractivity contribution is 0.191. The lowest BCUT2D eigenvalue weighted by Gasteiger charge is -2.09. The van der Waals surface area contributed by atoms with E-state index >= 15 is 0 Å². The Morgan fingerprint density at radius 2 is 2.22 bits per heavy atom. The fourth-order valence-corrected chi connectivity index (χ4v) is 1.51. The first-order valence-electron chi connectivity index (χ1n) is 5.77. The van der Waals surface area contributed by atoms with Crippen molar-refractivity contribution in [3.05, 3.63) is 29.3 Å². The van der Waals surface area contributed by atoms with Crippen molar-refractivity contribution in [1.29, 1.82) is 0 Å². The molecule has 0 aliphatic carbocycles. The lowest BCUT2D eigenvalue weighted by Crippen LogP contribution is -2.36. The van der Waals surface area contributed by atoms with Crippen LogP contribution in [0, 0.1) is 0 Å². The predicted molar refractivity (Wildman–Crippen MR) is 73.0 cm³/mol. The Hall–Kier alpha value is -1.30. The van der Waals surface area contributed by atoms with E-state index in [0.29, 0.717) is 30.3 Å². The summed E-state index contributed by atoms with van der Waals surface area (Å²) in [5.74, 6) is 0. The first-order valence-corrected chi connectivity index (χ1v) is 6.15. The van der Waals surface area contributed by atoms with Gasteiger partial charge in [-0.05, 0) is 25.1 Å². The van der Waals surface area contributed by atoms with Crippen molar-refractivity contribution in [3.63, 3.8) is 0 Å². The van der Waals surface area contributed by atoms with Crippen molar-refractivity contribution in [2.24, 2.45) is 0 Å². The molecule has 0 fully saturated rings. The molecule has 4 N–H and O–H groups in total. The second-order valence-corrected chi connectivity index (χ2v) is 4.38. The molecule has 0 heterocycles. The van der Waals surface area contributed by atoms with Crippen LogP contribution in [0.15, 0.2) is 24.3 Å². The molecule has 5 nitrogen and oxygen atoms in total. The second kappa shape index (κ2) is 7.92. The normalized spacial score (nSPS) is 11.9. The Balaban J connectivity index is 2.18. The molecule has 0 saturated carbocycles. The number of rotatable bonds is 6. The first-order chi connectivity index (χ1) is 8.58. The third kappa shape index (κ3) is 6.44.